The van der Waals surface area contributed by atoms with Crippen molar-refractivity contribution in [1.82, 2.24) is 10.6 Å². The van der Waals surface area contributed by atoms with Gasteiger partial charge in [-0.15, -0.1) is 0 Å². The number of hydrogen-bond acceptors (Lipinski definition) is 3. The Morgan fingerprint density at radius 3 is 3.05 bits per heavy atom. The molecule has 0 radical (unpaired) electrons. The summed E-state index contributed by atoms with van der Waals surface area (Å²) in [4.78, 5) is 0. The molecule has 1 aromatic rings. The normalized spacial score (nSPS) is 28.9. The smallest absolute Gasteiger partial charge is 0.137 e. The van der Waals surface area contributed by atoms with Crippen molar-refractivity contribution in [2.24, 2.45) is 5.92 Å². The van der Waals surface area contributed by atoms with Crippen LogP contribution in [0.1, 0.15) is 24.8 Å². The average Bonchev–Trinajstić information content (AvgIpc) is 3.00. The Labute approximate surface area is 140 Å². The molecule has 1 aromatic carbocycles. The SMILES string of the molecule is Fc1ccc(CCNC2CCCC2C2COCCN2)cc1Br. The van der Waals surface area contributed by atoms with Crippen LogP contribution in [0.25, 0.3) is 0 Å². The lowest BCUT2D eigenvalue weighted by atomic mass is 9.94. The van der Waals surface area contributed by atoms with Gasteiger partial charge in [0.05, 0.1) is 17.7 Å². The summed E-state index contributed by atoms with van der Waals surface area (Å²) in [6.45, 7) is 3.58. The summed E-state index contributed by atoms with van der Waals surface area (Å²) in [5.74, 6) is 0.469. The van der Waals surface area contributed by atoms with Crippen LogP contribution in [0.3, 0.4) is 0 Å². The highest BCUT2D eigenvalue weighted by Crippen LogP contribution is 2.29. The van der Waals surface area contributed by atoms with Crippen molar-refractivity contribution in [3.8, 4) is 0 Å². The molecular formula is C17H24BrFN2O. The van der Waals surface area contributed by atoms with Crippen molar-refractivity contribution < 1.29 is 9.13 Å². The first kappa shape index (κ1) is 16.4. The van der Waals surface area contributed by atoms with Crippen LogP contribution < -0.4 is 10.6 Å². The van der Waals surface area contributed by atoms with Crippen molar-refractivity contribution in [3.63, 3.8) is 0 Å². The molecule has 1 saturated heterocycles. The van der Waals surface area contributed by atoms with E-state index in [1.165, 1.54) is 25.3 Å². The fraction of sp³-hybridized carbons (Fsp3) is 0.647. The lowest BCUT2D eigenvalue weighted by molar-refractivity contribution is 0.0526. The maximum atomic E-state index is 13.2. The highest BCUT2D eigenvalue weighted by atomic mass is 79.9. The molecule has 0 amide bonds. The largest absolute Gasteiger partial charge is 0.379 e. The number of morpholine rings is 1. The number of rotatable bonds is 5. The topological polar surface area (TPSA) is 33.3 Å². The third kappa shape index (κ3) is 4.07. The summed E-state index contributed by atoms with van der Waals surface area (Å²) in [6, 6.07) is 6.34. The molecule has 2 aliphatic rings. The van der Waals surface area contributed by atoms with Crippen LogP contribution in [0.5, 0.6) is 0 Å². The zero-order valence-corrected chi connectivity index (χ0v) is 14.4. The Bertz CT molecular complexity index is 494. The average molecular weight is 371 g/mol. The van der Waals surface area contributed by atoms with Gasteiger partial charge in [-0.25, -0.2) is 4.39 Å². The summed E-state index contributed by atoms with van der Waals surface area (Å²) in [5, 5.41) is 7.31. The van der Waals surface area contributed by atoms with E-state index in [1.54, 1.807) is 0 Å². The third-order valence-electron chi connectivity index (χ3n) is 4.84. The van der Waals surface area contributed by atoms with Crippen LogP contribution in [-0.2, 0) is 11.2 Å². The van der Waals surface area contributed by atoms with Crippen molar-refractivity contribution >= 4 is 15.9 Å². The number of ether oxygens (including phenoxy) is 1. The second-order valence-corrected chi connectivity index (χ2v) is 7.14. The molecule has 1 aliphatic carbocycles. The second-order valence-electron chi connectivity index (χ2n) is 6.29. The first-order valence-corrected chi connectivity index (χ1v) is 9.02. The van der Waals surface area contributed by atoms with Crippen LogP contribution in [-0.4, -0.2) is 38.4 Å². The van der Waals surface area contributed by atoms with E-state index in [-0.39, 0.29) is 5.82 Å². The molecule has 3 rings (SSSR count). The molecule has 5 heteroatoms. The van der Waals surface area contributed by atoms with Gasteiger partial charge in [0.1, 0.15) is 5.82 Å². The predicted molar refractivity (Wildman–Crippen MR) is 89.5 cm³/mol. The molecule has 3 unspecified atom stereocenters. The van der Waals surface area contributed by atoms with Gasteiger partial charge in [-0.05, 0) is 65.4 Å². The lowest BCUT2D eigenvalue weighted by Gasteiger charge is -2.33. The predicted octanol–water partition coefficient (Wildman–Crippen LogP) is 2.88. The maximum Gasteiger partial charge on any atom is 0.137 e. The molecule has 1 heterocycles. The summed E-state index contributed by atoms with van der Waals surface area (Å²) in [6.07, 6.45) is 4.75. The van der Waals surface area contributed by atoms with Crippen molar-refractivity contribution in [3.05, 3.63) is 34.1 Å². The quantitative estimate of drug-likeness (QED) is 0.835. The molecule has 1 saturated carbocycles. The first-order chi connectivity index (χ1) is 10.7. The highest BCUT2D eigenvalue weighted by molar-refractivity contribution is 9.10. The van der Waals surface area contributed by atoms with Crippen LogP contribution in [0.4, 0.5) is 4.39 Å². The highest BCUT2D eigenvalue weighted by Gasteiger charge is 2.34. The van der Waals surface area contributed by atoms with Crippen molar-refractivity contribution in [2.75, 3.05) is 26.3 Å². The van der Waals surface area contributed by atoms with Gasteiger partial charge in [-0.1, -0.05) is 12.5 Å². The summed E-state index contributed by atoms with van der Waals surface area (Å²) in [7, 11) is 0. The zero-order valence-electron chi connectivity index (χ0n) is 12.8. The third-order valence-corrected chi connectivity index (χ3v) is 5.45. The monoisotopic (exact) mass is 370 g/mol. The van der Waals surface area contributed by atoms with Gasteiger partial charge in [-0.3, -0.25) is 0 Å². The molecule has 2 fully saturated rings. The molecular weight excluding hydrogens is 347 g/mol. The van der Waals surface area contributed by atoms with Crippen molar-refractivity contribution in [2.45, 2.75) is 37.8 Å². The number of halogens is 2. The molecule has 3 nitrogen and oxygen atoms in total. The van der Waals surface area contributed by atoms with Crippen LogP contribution in [0.15, 0.2) is 22.7 Å². The van der Waals surface area contributed by atoms with E-state index in [0.717, 1.165) is 38.3 Å². The van der Waals surface area contributed by atoms with Gasteiger partial charge in [0.2, 0.25) is 0 Å². The fourth-order valence-corrected chi connectivity index (χ4v) is 4.11. The van der Waals surface area contributed by atoms with Crippen LogP contribution >= 0.6 is 15.9 Å². The van der Waals surface area contributed by atoms with E-state index in [2.05, 4.69) is 26.6 Å². The Kier molecular flexibility index (Phi) is 5.85. The standard InChI is InChI=1S/C17H24BrFN2O/c18-14-10-12(4-5-15(14)19)6-7-20-16-3-1-2-13(16)17-11-22-9-8-21-17/h4-5,10,13,16-17,20-21H,1-3,6-9,11H2. The Balaban J connectivity index is 1.48. The Morgan fingerprint density at radius 1 is 1.36 bits per heavy atom. The number of benzene rings is 1. The van der Waals surface area contributed by atoms with Gasteiger partial charge in [0.15, 0.2) is 0 Å². The van der Waals surface area contributed by atoms with E-state index in [1.807, 2.05) is 12.1 Å². The maximum absolute atomic E-state index is 13.2. The second kappa shape index (κ2) is 7.86. The summed E-state index contributed by atoms with van der Waals surface area (Å²) >= 11 is 3.25. The minimum absolute atomic E-state index is 0.198. The first-order valence-electron chi connectivity index (χ1n) is 8.22. The van der Waals surface area contributed by atoms with Gasteiger partial charge in [0.25, 0.3) is 0 Å². The molecule has 0 spiro atoms. The minimum atomic E-state index is -0.198. The number of hydrogen-bond donors (Lipinski definition) is 2. The molecule has 122 valence electrons. The zero-order chi connectivity index (χ0) is 15.4. The van der Waals surface area contributed by atoms with E-state index in [4.69, 9.17) is 4.74 Å². The van der Waals surface area contributed by atoms with Gasteiger partial charge in [0, 0.05) is 18.6 Å². The molecule has 1 aliphatic heterocycles. The summed E-state index contributed by atoms with van der Waals surface area (Å²) < 4.78 is 19.4. The Morgan fingerprint density at radius 2 is 2.27 bits per heavy atom. The van der Waals surface area contributed by atoms with Crippen molar-refractivity contribution in [1.29, 1.82) is 0 Å². The molecule has 0 aromatic heterocycles. The van der Waals surface area contributed by atoms with E-state index in [9.17, 15) is 4.39 Å². The Hall–Kier alpha value is -0.490. The molecule has 22 heavy (non-hydrogen) atoms. The molecule has 2 N–H and O–H groups in total. The van der Waals surface area contributed by atoms with Crippen LogP contribution in [0.2, 0.25) is 0 Å². The molecule has 3 atom stereocenters. The van der Waals surface area contributed by atoms with E-state index in [0.29, 0.717) is 22.5 Å². The van der Waals surface area contributed by atoms with E-state index >= 15 is 0 Å². The summed E-state index contributed by atoms with van der Waals surface area (Å²) in [5.41, 5.74) is 1.16. The van der Waals surface area contributed by atoms with E-state index < -0.39 is 0 Å². The molecule has 0 bridgehead atoms. The minimum Gasteiger partial charge on any atom is -0.379 e. The van der Waals surface area contributed by atoms with Crippen LogP contribution in [0, 0.1) is 11.7 Å². The van der Waals surface area contributed by atoms with Gasteiger partial charge >= 0.3 is 0 Å². The lowest BCUT2D eigenvalue weighted by Crippen LogP contribution is -2.51. The van der Waals surface area contributed by atoms with Gasteiger partial charge < -0.3 is 15.4 Å². The number of nitrogens with one attached hydrogen (secondary N) is 2. The fourth-order valence-electron chi connectivity index (χ4n) is 3.68. The van der Waals surface area contributed by atoms with Gasteiger partial charge in [-0.2, -0.15) is 0 Å².